The molecule has 0 radical (unpaired) electrons. The molecule has 0 unspecified atom stereocenters. The van der Waals surface area contributed by atoms with Crippen molar-refractivity contribution in [2.75, 3.05) is 7.05 Å². The minimum absolute atomic E-state index is 0. The molecule has 0 bridgehead atoms. The van der Waals surface area contributed by atoms with E-state index in [0.717, 1.165) is 24.0 Å². The van der Waals surface area contributed by atoms with Crippen LogP contribution in [0.25, 0.3) is 0 Å². The van der Waals surface area contributed by atoms with Crippen molar-refractivity contribution in [3.05, 3.63) is 52.9 Å². The number of hydrogen-bond acceptors (Lipinski definition) is 3. The van der Waals surface area contributed by atoms with Gasteiger partial charge >= 0.3 is 0 Å². The molecule has 144 valence electrons. The van der Waals surface area contributed by atoms with Gasteiger partial charge < -0.3 is 15.2 Å². The summed E-state index contributed by atoms with van der Waals surface area (Å²) in [6.45, 7) is 12.1. The molecule has 0 aliphatic heterocycles. The van der Waals surface area contributed by atoms with Gasteiger partial charge in [-0.1, -0.05) is 64.0 Å². The molecule has 0 fully saturated rings. The van der Waals surface area contributed by atoms with Gasteiger partial charge in [0.1, 0.15) is 0 Å². The number of nitrogens with zero attached hydrogens (tertiary/aromatic N) is 2. The lowest BCUT2D eigenvalue weighted by Crippen LogP contribution is -2.36. The van der Waals surface area contributed by atoms with Crippen molar-refractivity contribution < 1.29 is 4.52 Å². The highest BCUT2D eigenvalue weighted by Crippen LogP contribution is 2.22. The number of rotatable bonds is 5. The zero-order valence-corrected chi connectivity index (χ0v) is 18.9. The number of aliphatic imine (C=N–C) groups is 1. The summed E-state index contributed by atoms with van der Waals surface area (Å²) in [5.74, 6) is 1.91. The average Bonchev–Trinajstić information content (AvgIpc) is 3.04. The molecular weight excluding hydrogens is 439 g/mol. The quantitative estimate of drug-likeness (QED) is 0.382. The maximum absolute atomic E-state index is 5.33. The number of nitrogens with one attached hydrogen (secondary N) is 2. The normalized spacial score (nSPS) is 12.0. The van der Waals surface area contributed by atoms with Crippen LogP contribution in [-0.2, 0) is 18.5 Å². The largest absolute Gasteiger partial charge is 0.359 e. The van der Waals surface area contributed by atoms with Crippen LogP contribution in [0, 0.1) is 0 Å². The van der Waals surface area contributed by atoms with Crippen LogP contribution in [0.4, 0.5) is 0 Å². The van der Waals surface area contributed by atoms with Crippen LogP contribution in [0.2, 0.25) is 0 Å². The number of guanidine groups is 1. The maximum Gasteiger partial charge on any atom is 0.191 e. The Morgan fingerprint density at radius 1 is 1.12 bits per heavy atom. The van der Waals surface area contributed by atoms with Crippen LogP contribution in [0.3, 0.4) is 0 Å². The smallest absolute Gasteiger partial charge is 0.191 e. The van der Waals surface area contributed by atoms with Gasteiger partial charge in [0, 0.05) is 19.7 Å². The molecule has 1 aromatic carbocycles. The third-order valence-electron chi connectivity index (χ3n) is 4.10. The van der Waals surface area contributed by atoms with E-state index < -0.39 is 0 Å². The molecule has 2 N–H and O–H groups in total. The summed E-state index contributed by atoms with van der Waals surface area (Å²) in [7, 11) is 1.76. The van der Waals surface area contributed by atoms with Gasteiger partial charge in [-0.15, -0.1) is 24.0 Å². The van der Waals surface area contributed by atoms with E-state index in [4.69, 9.17) is 4.52 Å². The van der Waals surface area contributed by atoms with Gasteiger partial charge in [0.25, 0.3) is 0 Å². The zero-order chi connectivity index (χ0) is 18.4. The minimum atomic E-state index is 0. The van der Waals surface area contributed by atoms with Gasteiger partial charge in [-0.3, -0.25) is 4.99 Å². The molecule has 0 spiro atoms. The first-order valence-electron chi connectivity index (χ1n) is 8.79. The summed E-state index contributed by atoms with van der Waals surface area (Å²) in [4.78, 5) is 4.25. The van der Waals surface area contributed by atoms with Crippen LogP contribution in [0.15, 0.2) is 39.8 Å². The number of hydrogen-bond donors (Lipinski definition) is 2. The van der Waals surface area contributed by atoms with Crippen LogP contribution in [0.1, 0.15) is 63.1 Å². The number of benzene rings is 1. The summed E-state index contributed by atoms with van der Waals surface area (Å²) in [6, 6.07) is 10.7. The third-order valence-corrected chi connectivity index (χ3v) is 4.10. The first kappa shape index (κ1) is 22.5. The van der Waals surface area contributed by atoms with Crippen molar-refractivity contribution in [2.45, 2.75) is 59.0 Å². The molecule has 0 amide bonds. The SMILES string of the molecule is CN=C(NCc1ccc(C(C)(C)C)cc1)NCc1cc(C(C)C)no1.I. The van der Waals surface area contributed by atoms with E-state index in [-0.39, 0.29) is 29.4 Å². The fourth-order valence-corrected chi connectivity index (χ4v) is 2.38. The highest BCUT2D eigenvalue weighted by Gasteiger charge is 2.13. The predicted molar refractivity (Wildman–Crippen MR) is 118 cm³/mol. The standard InChI is InChI=1S/C20H30N4O.HI/c1-14(2)18-11-17(25-24-18)13-23-19(21-6)22-12-15-7-9-16(10-8-15)20(3,4)5;/h7-11,14H,12-13H2,1-6H3,(H2,21,22,23);1H. The molecule has 1 aromatic heterocycles. The number of aromatic nitrogens is 1. The molecule has 0 saturated carbocycles. The molecule has 1 heterocycles. The third kappa shape index (κ3) is 6.63. The van der Waals surface area contributed by atoms with E-state index in [1.54, 1.807) is 7.05 Å². The Bertz CT molecular complexity index is 699. The van der Waals surface area contributed by atoms with Crippen LogP contribution >= 0.6 is 24.0 Å². The van der Waals surface area contributed by atoms with Crippen molar-refractivity contribution in [1.29, 1.82) is 0 Å². The topological polar surface area (TPSA) is 62.5 Å². The lowest BCUT2D eigenvalue weighted by Gasteiger charge is -2.19. The second-order valence-electron chi connectivity index (χ2n) is 7.60. The van der Waals surface area contributed by atoms with Crippen molar-refractivity contribution >= 4 is 29.9 Å². The van der Waals surface area contributed by atoms with E-state index in [2.05, 4.69) is 79.7 Å². The van der Waals surface area contributed by atoms with Gasteiger partial charge in [0.2, 0.25) is 0 Å². The molecular formula is C20H31IN4O. The summed E-state index contributed by atoms with van der Waals surface area (Å²) < 4.78 is 5.33. The molecule has 0 atom stereocenters. The molecule has 2 rings (SSSR count). The van der Waals surface area contributed by atoms with E-state index >= 15 is 0 Å². The Morgan fingerprint density at radius 3 is 2.23 bits per heavy atom. The molecule has 2 aromatic rings. The van der Waals surface area contributed by atoms with E-state index in [0.29, 0.717) is 12.5 Å². The van der Waals surface area contributed by atoms with Gasteiger partial charge in [0.05, 0.1) is 12.2 Å². The first-order valence-corrected chi connectivity index (χ1v) is 8.79. The molecule has 6 heteroatoms. The lowest BCUT2D eigenvalue weighted by atomic mass is 9.87. The maximum atomic E-state index is 5.33. The Labute approximate surface area is 174 Å². The first-order chi connectivity index (χ1) is 11.8. The zero-order valence-electron chi connectivity index (χ0n) is 16.6. The summed E-state index contributed by atoms with van der Waals surface area (Å²) in [5, 5.41) is 10.6. The highest BCUT2D eigenvalue weighted by molar-refractivity contribution is 14.0. The molecule has 5 nitrogen and oxygen atoms in total. The fraction of sp³-hybridized carbons (Fsp3) is 0.500. The lowest BCUT2D eigenvalue weighted by molar-refractivity contribution is 0.372. The minimum Gasteiger partial charge on any atom is -0.359 e. The van der Waals surface area contributed by atoms with Crippen molar-refractivity contribution in [3.8, 4) is 0 Å². The van der Waals surface area contributed by atoms with Crippen LogP contribution in [-0.4, -0.2) is 18.2 Å². The van der Waals surface area contributed by atoms with Gasteiger partial charge in [0.15, 0.2) is 11.7 Å². The van der Waals surface area contributed by atoms with Crippen LogP contribution in [0.5, 0.6) is 0 Å². The predicted octanol–water partition coefficient (Wildman–Crippen LogP) is 4.58. The summed E-state index contributed by atoms with van der Waals surface area (Å²) in [5.41, 5.74) is 3.71. The molecule has 26 heavy (non-hydrogen) atoms. The monoisotopic (exact) mass is 470 g/mol. The second-order valence-corrected chi connectivity index (χ2v) is 7.60. The Balaban J connectivity index is 0.00000338. The van der Waals surface area contributed by atoms with Crippen molar-refractivity contribution in [1.82, 2.24) is 15.8 Å². The summed E-state index contributed by atoms with van der Waals surface area (Å²) >= 11 is 0. The fourth-order valence-electron chi connectivity index (χ4n) is 2.38. The molecule has 0 saturated heterocycles. The van der Waals surface area contributed by atoms with E-state index in [9.17, 15) is 0 Å². The van der Waals surface area contributed by atoms with Crippen molar-refractivity contribution in [3.63, 3.8) is 0 Å². The van der Waals surface area contributed by atoms with E-state index in [1.165, 1.54) is 11.1 Å². The Morgan fingerprint density at radius 2 is 1.73 bits per heavy atom. The Hall–Kier alpha value is -1.57. The van der Waals surface area contributed by atoms with E-state index in [1.807, 2.05) is 6.07 Å². The van der Waals surface area contributed by atoms with Gasteiger partial charge in [-0.25, -0.2) is 0 Å². The number of halogens is 1. The summed E-state index contributed by atoms with van der Waals surface area (Å²) in [6.07, 6.45) is 0. The van der Waals surface area contributed by atoms with Crippen molar-refractivity contribution in [2.24, 2.45) is 4.99 Å². The Kier molecular flexibility index (Phi) is 8.59. The average molecular weight is 470 g/mol. The highest BCUT2D eigenvalue weighted by atomic mass is 127. The van der Waals surface area contributed by atoms with Gasteiger partial charge in [-0.05, 0) is 22.5 Å². The second kappa shape index (κ2) is 9.94. The van der Waals surface area contributed by atoms with Crippen LogP contribution < -0.4 is 10.6 Å². The molecule has 0 aliphatic carbocycles. The molecule has 0 aliphatic rings. The van der Waals surface area contributed by atoms with Gasteiger partial charge in [-0.2, -0.15) is 0 Å².